The molecule has 0 aromatic carbocycles. The lowest BCUT2D eigenvalue weighted by Crippen LogP contribution is -1.93. The maximum atomic E-state index is 2.19. The van der Waals surface area contributed by atoms with Crippen molar-refractivity contribution in [1.82, 2.24) is 0 Å². The highest BCUT2D eigenvalue weighted by atomic mass is 14.0. The van der Waals surface area contributed by atoms with Crippen LogP contribution < -0.4 is 0 Å². The van der Waals surface area contributed by atoms with E-state index < -0.39 is 0 Å². The first-order valence-electron chi connectivity index (χ1n) is 9.00. The number of hydrogen-bond acceptors (Lipinski definition) is 0. The Morgan fingerprint density at radius 1 is 0.250 bits per heavy atom. The molecule has 0 aromatic heterocycles. The van der Waals surface area contributed by atoms with E-state index in [2.05, 4.69) is 83.1 Å². The fraction of sp³-hybridized carbons (Fsp3) is 1.00. The van der Waals surface area contributed by atoms with Gasteiger partial charge in [0.2, 0.25) is 0 Å². The highest BCUT2D eigenvalue weighted by molar-refractivity contribution is 4.48. The van der Waals surface area contributed by atoms with Crippen LogP contribution in [-0.4, -0.2) is 0 Å². The summed E-state index contributed by atoms with van der Waals surface area (Å²) in [5, 5.41) is 0. The van der Waals surface area contributed by atoms with E-state index in [1.807, 2.05) is 41.5 Å². The Balaban J connectivity index is -0.0000000165. The molecule has 0 rings (SSSR count). The fourth-order valence-electron chi connectivity index (χ4n) is 0. The summed E-state index contributed by atoms with van der Waals surface area (Å²) in [7, 11) is 0. The summed E-state index contributed by atoms with van der Waals surface area (Å²) >= 11 is 0. The van der Waals surface area contributed by atoms with E-state index in [4.69, 9.17) is 0 Å². The van der Waals surface area contributed by atoms with Gasteiger partial charge < -0.3 is 0 Å². The van der Waals surface area contributed by atoms with Gasteiger partial charge in [-0.3, -0.25) is 0 Å². The SMILES string of the molecule is C.C.C.CC.CC.CC.CC(C)(C)C.CC(C)(C)C.CC(C)(C)C. The van der Waals surface area contributed by atoms with Gasteiger partial charge in [0, 0.05) is 0 Å². The minimum absolute atomic E-state index is 0. The van der Waals surface area contributed by atoms with Crippen LogP contribution >= 0.6 is 0 Å². The van der Waals surface area contributed by atoms with Gasteiger partial charge in [-0.05, 0) is 16.2 Å². The lowest BCUT2D eigenvalue weighted by molar-refractivity contribution is 0.469. The molecule has 0 heteroatoms. The Labute approximate surface area is 163 Å². The van der Waals surface area contributed by atoms with Crippen LogP contribution in [0.25, 0.3) is 0 Å². The number of rotatable bonds is 0. The molecule has 0 bridgehead atoms. The summed E-state index contributed by atoms with van der Waals surface area (Å²) < 4.78 is 0. The Kier molecular flexibility index (Phi) is 80.8. The van der Waals surface area contributed by atoms with Crippen molar-refractivity contribution < 1.29 is 0 Å². The molecule has 0 aliphatic carbocycles. The van der Waals surface area contributed by atoms with Gasteiger partial charge in [-0.1, -0.05) is 147 Å². The third-order valence-corrected chi connectivity index (χ3v) is 0. The van der Waals surface area contributed by atoms with E-state index in [9.17, 15) is 0 Å². The highest BCUT2D eigenvalue weighted by Gasteiger charge is 1.96. The van der Waals surface area contributed by atoms with Gasteiger partial charge in [0.25, 0.3) is 0 Å². The van der Waals surface area contributed by atoms with Crippen LogP contribution in [-0.2, 0) is 0 Å². The Morgan fingerprint density at radius 2 is 0.250 bits per heavy atom. The van der Waals surface area contributed by atoms with E-state index in [0.29, 0.717) is 16.2 Å². The smallest absolute Gasteiger partial charge is 0.0411 e. The van der Waals surface area contributed by atoms with Crippen LogP contribution in [0.15, 0.2) is 0 Å². The average molecular weight is 355 g/mol. The summed E-state index contributed by atoms with van der Waals surface area (Å²) in [5.41, 5.74) is 1.50. The van der Waals surface area contributed by atoms with Crippen molar-refractivity contribution in [3.05, 3.63) is 0 Å². The molecule has 0 nitrogen and oxygen atoms in total. The van der Waals surface area contributed by atoms with Crippen LogP contribution in [0.3, 0.4) is 0 Å². The number of hydrogen-bond donors (Lipinski definition) is 0. The van der Waals surface area contributed by atoms with Crippen molar-refractivity contribution in [3.8, 4) is 0 Å². The molecule has 0 atom stereocenters. The van der Waals surface area contributed by atoms with Crippen molar-refractivity contribution >= 4 is 0 Å². The lowest BCUT2D eigenvalue weighted by atomic mass is 10.0. The zero-order valence-electron chi connectivity index (χ0n) is 19.5. The Hall–Kier alpha value is 0. The second kappa shape index (κ2) is 34.4. The molecule has 0 fully saturated rings. The van der Waals surface area contributed by atoms with Gasteiger partial charge in [0.05, 0.1) is 0 Å². The van der Waals surface area contributed by atoms with Gasteiger partial charge in [-0.2, -0.15) is 0 Å². The van der Waals surface area contributed by atoms with Crippen LogP contribution in [0.2, 0.25) is 0 Å². The summed E-state index contributed by atoms with van der Waals surface area (Å²) in [4.78, 5) is 0. The second-order valence-electron chi connectivity index (χ2n) is 9.00. The van der Waals surface area contributed by atoms with Crippen LogP contribution in [0, 0.1) is 16.2 Å². The molecule has 0 aliphatic rings. The standard InChI is InChI=1S/3C5H12.3C2H6.3CH4/c3*1-5(2,3)4;3*1-2;;;/h3*1-4H3;3*1-2H3;3*1H4. The van der Waals surface area contributed by atoms with Crippen LogP contribution in [0.1, 0.15) is 147 Å². The molecule has 0 heterocycles. The van der Waals surface area contributed by atoms with Crippen molar-refractivity contribution in [2.75, 3.05) is 0 Å². The van der Waals surface area contributed by atoms with E-state index in [1.54, 1.807) is 0 Å². The van der Waals surface area contributed by atoms with Crippen molar-refractivity contribution in [3.63, 3.8) is 0 Å². The van der Waals surface area contributed by atoms with Crippen molar-refractivity contribution in [2.45, 2.75) is 147 Å². The van der Waals surface area contributed by atoms with Crippen LogP contribution in [0.5, 0.6) is 0 Å². The van der Waals surface area contributed by atoms with Gasteiger partial charge >= 0.3 is 0 Å². The molecular weight excluding hydrogens is 288 g/mol. The van der Waals surface area contributed by atoms with Gasteiger partial charge in [-0.15, -0.1) is 0 Å². The molecule has 0 aliphatic heterocycles. The normalized spacial score (nSPS) is 8.25. The van der Waals surface area contributed by atoms with E-state index in [-0.39, 0.29) is 22.3 Å². The summed E-state index contributed by atoms with van der Waals surface area (Å²) in [6.07, 6.45) is 0. The maximum Gasteiger partial charge on any atom is -0.0411 e. The predicted octanol–water partition coefficient (Wildman–Crippen LogP) is 11.1. The predicted molar refractivity (Wildman–Crippen MR) is 130 cm³/mol. The molecule has 162 valence electrons. The molecule has 0 aromatic rings. The van der Waals surface area contributed by atoms with Gasteiger partial charge in [0.15, 0.2) is 0 Å². The monoisotopic (exact) mass is 355 g/mol. The average Bonchev–Trinajstić information content (AvgIpc) is 2.18. The first-order valence-corrected chi connectivity index (χ1v) is 9.00. The van der Waals surface area contributed by atoms with Crippen molar-refractivity contribution in [1.29, 1.82) is 0 Å². The molecule has 24 heavy (non-hydrogen) atoms. The quantitative estimate of drug-likeness (QED) is 0.405. The first kappa shape index (κ1) is 56.4. The molecule has 0 N–H and O–H groups in total. The second-order valence-corrected chi connectivity index (χ2v) is 9.00. The van der Waals surface area contributed by atoms with E-state index in [1.165, 1.54) is 0 Å². The van der Waals surface area contributed by atoms with Crippen LogP contribution in [0.4, 0.5) is 0 Å². The zero-order valence-corrected chi connectivity index (χ0v) is 19.5. The lowest BCUT2D eigenvalue weighted by Gasteiger charge is -2.05. The van der Waals surface area contributed by atoms with Gasteiger partial charge in [0.1, 0.15) is 0 Å². The Morgan fingerprint density at radius 3 is 0.250 bits per heavy atom. The van der Waals surface area contributed by atoms with Crippen molar-refractivity contribution in [2.24, 2.45) is 16.2 Å². The Bertz CT molecular complexity index is 75.1. The highest BCUT2D eigenvalue weighted by Crippen LogP contribution is 2.08. The molecule has 0 saturated heterocycles. The molecule has 0 saturated carbocycles. The minimum Gasteiger partial charge on any atom is -0.0776 e. The maximum absolute atomic E-state index is 2.19. The molecular formula is C24H66. The summed E-state index contributed by atoms with van der Waals surface area (Å²) in [6.45, 7) is 38.2. The molecule has 0 unspecified atom stereocenters. The molecule has 0 amide bonds. The molecule has 0 radical (unpaired) electrons. The fourth-order valence-corrected chi connectivity index (χ4v) is 0. The topological polar surface area (TPSA) is 0 Å². The summed E-state index contributed by atoms with van der Waals surface area (Å²) in [6, 6.07) is 0. The third kappa shape index (κ3) is 0. The first-order chi connectivity index (χ1) is 9.00. The van der Waals surface area contributed by atoms with E-state index in [0.717, 1.165) is 0 Å². The van der Waals surface area contributed by atoms with Gasteiger partial charge in [-0.25, -0.2) is 0 Å². The largest absolute Gasteiger partial charge is 0.0776 e. The third-order valence-electron chi connectivity index (χ3n) is 0. The zero-order chi connectivity index (χ0) is 19.5. The molecule has 0 spiro atoms. The van der Waals surface area contributed by atoms with E-state index >= 15 is 0 Å². The summed E-state index contributed by atoms with van der Waals surface area (Å²) in [5.74, 6) is 0. The minimum atomic E-state index is 0.